The maximum atomic E-state index is 13.9. The standard InChI is InChI=1S/C26H24N2O3S2/c1-18-4-12-23(13-5-18)32(29)26(33(30)24-14-6-19(2)7-15-24)25(21(16-27)17-28)20-8-10-22(31-3)11-9-20/h4-15,21,25-26H,1-3H3/t25-,26?,32?,33?/m0/s1. The van der Waals surface area contributed by atoms with Gasteiger partial charge in [0, 0.05) is 15.7 Å². The van der Waals surface area contributed by atoms with Crippen LogP contribution in [0.1, 0.15) is 22.6 Å². The van der Waals surface area contributed by atoms with Crippen LogP contribution in [-0.2, 0) is 21.6 Å². The van der Waals surface area contributed by atoms with Gasteiger partial charge >= 0.3 is 0 Å². The molecule has 0 saturated heterocycles. The smallest absolute Gasteiger partial charge is 0.142 e. The minimum atomic E-state index is -1.76. The molecule has 3 aromatic carbocycles. The van der Waals surface area contributed by atoms with Gasteiger partial charge in [-0.2, -0.15) is 10.5 Å². The Morgan fingerprint density at radius 2 is 1.15 bits per heavy atom. The second-order valence-corrected chi connectivity index (χ2v) is 11.1. The van der Waals surface area contributed by atoms with Crippen LogP contribution in [0.2, 0.25) is 0 Å². The average molecular weight is 477 g/mol. The first-order valence-corrected chi connectivity index (χ1v) is 12.7. The summed E-state index contributed by atoms with van der Waals surface area (Å²) in [7, 11) is -1.98. The van der Waals surface area contributed by atoms with Crippen molar-refractivity contribution in [1.29, 1.82) is 10.5 Å². The van der Waals surface area contributed by atoms with Crippen molar-refractivity contribution in [2.24, 2.45) is 5.92 Å². The van der Waals surface area contributed by atoms with E-state index in [4.69, 9.17) is 4.74 Å². The number of nitrogens with zero attached hydrogens (tertiary/aromatic N) is 2. The van der Waals surface area contributed by atoms with Crippen LogP contribution in [0, 0.1) is 42.4 Å². The molecule has 2 unspecified atom stereocenters. The highest BCUT2D eigenvalue weighted by Gasteiger charge is 2.40. The Morgan fingerprint density at radius 3 is 1.52 bits per heavy atom. The van der Waals surface area contributed by atoms with Gasteiger partial charge in [0.15, 0.2) is 0 Å². The lowest BCUT2D eigenvalue weighted by atomic mass is 9.89. The normalized spacial score (nSPS) is 14.5. The van der Waals surface area contributed by atoms with Gasteiger partial charge in [-0.05, 0) is 55.8 Å². The van der Waals surface area contributed by atoms with Crippen molar-refractivity contribution in [2.75, 3.05) is 7.11 Å². The number of hydrogen-bond acceptors (Lipinski definition) is 5. The third-order valence-corrected chi connectivity index (χ3v) is 9.31. The summed E-state index contributed by atoms with van der Waals surface area (Å²) in [5, 5.41) is 19.6. The van der Waals surface area contributed by atoms with Crippen molar-refractivity contribution in [1.82, 2.24) is 0 Å². The van der Waals surface area contributed by atoms with Crippen LogP contribution in [0.4, 0.5) is 0 Å². The molecule has 0 heterocycles. The van der Waals surface area contributed by atoms with Gasteiger partial charge in [-0.15, -0.1) is 0 Å². The molecule has 33 heavy (non-hydrogen) atoms. The van der Waals surface area contributed by atoms with Gasteiger partial charge in [-0.25, -0.2) is 0 Å². The predicted octanol–water partition coefficient (Wildman–Crippen LogP) is 5.00. The first kappa shape index (κ1) is 24.4. The Bertz CT molecular complexity index is 1150. The Labute approximate surface area is 199 Å². The van der Waals surface area contributed by atoms with Gasteiger partial charge in [0.25, 0.3) is 0 Å². The fourth-order valence-corrected chi connectivity index (χ4v) is 7.29. The quantitative estimate of drug-likeness (QED) is 0.456. The molecule has 0 aliphatic heterocycles. The zero-order valence-corrected chi connectivity index (χ0v) is 20.2. The number of rotatable bonds is 8. The minimum Gasteiger partial charge on any atom is -0.497 e. The molecular formula is C26H24N2O3S2. The van der Waals surface area contributed by atoms with Gasteiger partial charge in [0.2, 0.25) is 0 Å². The number of benzene rings is 3. The maximum Gasteiger partial charge on any atom is 0.142 e. The molecular weight excluding hydrogens is 452 g/mol. The van der Waals surface area contributed by atoms with E-state index < -0.39 is 38.0 Å². The molecule has 0 fully saturated rings. The molecule has 7 heteroatoms. The van der Waals surface area contributed by atoms with Crippen molar-refractivity contribution in [3.8, 4) is 17.9 Å². The fraction of sp³-hybridized carbons (Fsp3) is 0.231. The summed E-state index contributed by atoms with van der Waals surface area (Å²) >= 11 is 0. The highest BCUT2D eigenvalue weighted by molar-refractivity contribution is 8.03. The maximum absolute atomic E-state index is 13.9. The van der Waals surface area contributed by atoms with Crippen molar-refractivity contribution in [3.63, 3.8) is 0 Å². The van der Waals surface area contributed by atoms with E-state index in [9.17, 15) is 18.9 Å². The first-order chi connectivity index (χ1) is 15.9. The van der Waals surface area contributed by atoms with E-state index in [0.29, 0.717) is 21.1 Å². The van der Waals surface area contributed by atoms with Crippen LogP contribution in [0.5, 0.6) is 5.75 Å². The highest BCUT2D eigenvalue weighted by atomic mass is 32.2. The van der Waals surface area contributed by atoms with Crippen molar-refractivity contribution in [3.05, 3.63) is 89.5 Å². The molecule has 3 aromatic rings. The van der Waals surface area contributed by atoms with Crippen LogP contribution in [0.25, 0.3) is 0 Å². The van der Waals surface area contributed by atoms with E-state index in [1.807, 2.05) is 50.3 Å². The third kappa shape index (κ3) is 5.57. The zero-order valence-electron chi connectivity index (χ0n) is 18.6. The summed E-state index contributed by atoms with van der Waals surface area (Å²) in [4.78, 5) is 0.999. The lowest BCUT2D eigenvalue weighted by Crippen LogP contribution is -2.33. The van der Waals surface area contributed by atoms with E-state index in [1.165, 1.54) is 0 Å². The van der Waals surface area contributed by atoms with Gasteiger partial charge in [0.05, 0.1) is 40.8 Å². The van der Waals surface area contributed by atoms with Crippen LogP contribution in [0.15, 0.2) is 82.6 Å². The SMILES string of the molecule is COc1ccc([C@@H](C(C#N)C#N)C(S(=O)c2ccc(C)cc2)S(=O)c2ccc(C)cc2)cc1. The molecule has 168 valence electrons. The third-order valence-electron chi connectivity index (χ3n) is 5.36. The average Bonchev–Trinajstić information content (AvgIpc) is 2.84. The number of methoxy groups -OCH3 is 1. The number of aryl methyl sites for hydroxylation is 2. The van der Waals surface area contributed by atoms with E-state index in [1.54, 1.807) is 55.6 Å². The Morgan fingerprint density at radius 1 is 0.727 bits per heavy atom. The van der Waals surface area contributed by atoms with Crippen molar-refractivity contribution in [2.45, 2.75) is 34.1 Å². The van der Waals surface area contributed by atoms with E-state index in [2.05, 4.69) is 0 Å². The molecule has 0 aromatic heterocycles. The summed E-state index contributed by atoms with van der Waals surface area (Å²) in [6.07, 6.45) is 0. The Balaban J connectivity index is 2.19. The van der Waals surface area contributed by atoms with Crippen LogP contribution < -0.4 is 4.74 Å². The molecule has 0 amide bonds. The van der Waals surface area contributed by atoms with Crippen LogP contribution in [0.3, 0.4) is 0 Å². The Kier molecular flexibility index (Phi) is 8.16. The molecule has 0 aliphatic rings. The summed E-state index contributed by atoms with van der Waals surface area (Å²) in [5.41, 5.74) is 2.62. The van der Waals surface area contributed by atoms with E-state index in [-0.39, 0.29) is 0 Å². The predicted molar refractivity (Wildman–Crippen MR) is 129 cm³/mol. The van der Waals surface area contributed by atoms with Crippen LogP contribution >= 0.6 is 0 Å². The van der Waals surface area contributed by atoms with Crippen molar-refractivity contribution < 1.29 is 13.2 Å². The van der Waals surface area contributed by atoms with Gasteiger partial charge < -0.3 is 4.74 Å². The molecule has 0 bridgehead atoms. The largest absolute Gasteiger partial charge is 0.497 e. The minimum absolute atomic E-state index is 0.499. The van der Waals surface area contributed by atoms with E-state index >= 15 is 0 Å². The lowest BCUT2D eigenvalue weighted by molar-refractivity contribution is 0.414. The first-order valence-electron chi connectivity index (χ1n) is 10.3. The summed E-state index contributed by atoms with van der Waals surface area (Å²) in [5.74, 6) is -1.39. The number of hydrogen-bond donors (Lipinski definition) is 0. The molecule has 0 saturated carbocycles. The summed E-state index contributed by atoms with van der Waals surface area (Å²) in [6.45, 7) is 3.85. The summed E-state index contributed by atoms with van der Waals surface area (Å²) < 4.78 is 32.0. The molecule has 3 atom stereocenters. The van der Waals surface area contributed by atoms with Gasteiger partial charge in [-0.3, -0.25) is 8.42 Å². The topological polar surface area (TPSA) is 90.9 Å². The number of nitriles is 2. The Hall–Kier alpha value is -3.26. The van der Waals surface area contributed by atoms with Gasteiger partial charge in [-0.1, -0.05) is 47.5 Å². The van der Waals surface area contributed by atoms with E-state index in [0.717, 1.165) is 11.1 Å². The second-order valence-electron chi connectivity index (χ2n) is 7.62. The van der Waals surface area contributed by atoms with Gasteiger partial charge in [0.1, 0.15) is 16.2 Å². The fourth-order valence-electron chi connectivity index (χ4n) is 3.48. The molecule has 0 radical (unpaired) electrons. The number of ether oxygens (including phenoxy) is 1. The van der Waals surface area contributed by atoms with Crippen molar-refractivity contribution >= 4 is 21.6 Å². The monoisotopic (exact) mass is 476 g/mol. The molecule has 5 nitrogen and oxygen atoms in total. The molecule has 3 rings (SSSR count). The highest BCUT2D eigenvalue weighted by Crippen LogP contribution is 2.37. The second kappa shape index (κ2) is 11.0. The van der Waals surface area contributed by atoms with Crippen LogP contribution in [-0.4, -0.2) is 20.1 Å². The molecule has 0 spiro atoms. The zero-order chi connectivity index (χ0) is 24.0. The summed E-state index contributed by atoms with van der Waals surface area (Å²) in [6, 6.07) is 25.3. The molecule has 0 aliphatic carbocycles. The lowest BCUT2D eigenvalue weighted by Gasteiger charge is -2.27. The molecule has 0 N–H and O–H groups in total.